The molecular formula is C11H15ClFN3O. The van der Waals surface area contributed by atoms with Crippen LogP contribution < -0.4 is 16.8 Å². The molecule has 6 heteroatoms. The van der Waals surface area contributed by atoms with Crippen molar-refractivity contribution in [1.29, 1.82) is 0 Å². The van der Waals surface area contributed by atoms with Crippen molar-refractivity contribution in [2.75, 3.05) is 30.0 Å². The first-order chi connectivity index (χ1) is 8.09. The zero-order chi connectivity index (χ0) is 12.4. The predicted octanol–water partition coefficient (Wildman–Crippen LogP) is 2.23. The molecule has 0 aromatic heterocycles. The van der Waals surface area contributed by atoms with Gasteiger partial charge in [0.2, 0.25) is 0 Å². The Labute approximate surface area is 104 Å². The van der Waals surface area contributed by atoms with Gasteiger partial charge < -0.3 is 21.5 Å². The van der Waals surface area contributed by atoms with E-state index < -0.39 is 5.82 Å². The molecule has 0 radical (unpaired) electrons. The Balaban J connectivity index is 2.22. The smallest absolute Gasteiger partial charge is 0.169 e. The van der Waals surface area contributed by atoms with Crippen LogP contribution in [0.1, 0.15) is 12.8 Å². The summed E-state index contributed by atoms with van der Waals surface area (Å²) >= 11 is 5.75. The number of rotatable bonds is 2. The Morgan fingerprint density at radius 1 is 1.41 bits per heavy atom. The summed E-state index contributed by atoms with van der Waals surface area (Å²) in [7, 11) is 0. The maximum absolute atomic E-state index is 13.9. The molecule has 1 atom stereocenters. The summed E-state index contributed by atoms with van der Waals surface area (Å²) in [5.74, 6) is -0.602. The maximum Gasteiger partial charge on any atom is 0.169 e. The highest BCUT2D eigenvalue weighted by Gasteiger charge is 2.19. The Kier molecular flexibility index (Phi) is 3.59. The first-order valence-corrected chi connectivity index (χ1v) is 5.84. The molecule has 1 heterocycles. The highest BCUT2D eigenvalue weighted by atomic mass is 35.5. The SMILES string of the molecule is Nc1cc(N)c(NC2CCCOC2)c(F)c1Cl. The third kappa shape index (κ3) is 2.56. The van der Waals surface area contributed by atoms with E-state index in [4.69, 9.17) is 27.8 Å². The molecule has 0 aliphatic carbocycles. The molecule has 0 amide bonds. The standard InChI is InChI=1S/C11H15ClFN3O/c12-9-7(14)4-8(15)11(10(9)13)16-6-2-1-3-17-5-6/h4,6,16H,1-3,5,14-15H2. The Morgan fingerprint density at radius 3 is 2.82 bits per heavy atom. The zero-order valence-electron chi connectivity index (χ0n) is 9.30. The van der Waals surface area contributed by atoms with Crippen molar-refractivity contribution in [2.24, 2.45) is 0 Å². The maximum atomic E-state index is 13.9. The van der Waals surface area contributed by atoms with Gasteiger partial charge in [-0.05, 0) is 18.9 Å². The Morgan fingerprint density at radius 2 is 2.18 bits per heavy atom. The molecule has 94 valence electrons. The fraction of sp³-hybridized carbons (Fsp3) is 0.455. The van der Waals surface area contributed by atoms with Crippen LogP contribution in [0, 0.1) is 5.82 Å². The summed E-state index contributed by atoms with van der Waals surface area (Å²) in [6.07, 6.45) is 1.86. The van der Waals surface area contributed by atoms with E-state index in [0.29, 0.717) is 6.61 Å². The summed E-state index contributed by atoms with van der Waals surface area (Å²) in [5.41, 5.74) is 11.9. The number of nitrogens with two attached hydrogens (primary N) is 2. The van der Waals surface area contributed by atoms with Crippen molar-refractivity contribution in [1.82, 2.24) is 0 Å². The van der Waals surface area contributed by atoms with Gasteiger partial charge in [0.05, 0.1) is 23.7 Å². The van der Waals surface area contributed by atoms with E-state index in [1.807, 2.05) is 0 Å². The first-order valence-electron chi connectivity index (χ1n) is 5.47. The van der Waals surface area contributed by atoms with Crippen LogP contribution in [0.3, 0.4) is 0 Å². The third-order valence-corrected chi connectivity index (χ3v) is 3.16. The van der Waals surface area contributed by atoms with Gasteiger partial charge in [-0.3, -0.25) is 0 Å². The van der Waals surface area contributed by atoms with E-state index in [2.05, 4.69) is 5.32 Å². The minimum absolute atomic E-state index is 0.0558. The molecule has 0 spiro atoms. The van der Waals surface area contributed by atoms with Gasteiger partial charge in [0, 0.05) is 12.6 Å². The summed E-state index contributed by atoms with van der Waals surface area (Å²) in [4.78, 5) is 0. The van der Waals surface area contributed by atoms with Gasteiger partial charge in [0.1, 0.15) is 5.02 Å². The van der Waals surface area contributed by atoms with E-state index in [1.165, 1.54) is 6.07 Å². The molecule has 1 unspecified atom stereocenters. The lowest BCUT2D eigenvalue weighted by atomic mass is 10.1. The number of ether oxygens (including phenoxy) is 1. The topological polar surface area (TPSA) is 73.3 Å². The number of benzene rings is 1. The highest BCUT2D eigenvalue weighted by molar-refractivity contribution is 6.33. The summed E-state index contributed by atoms with van der Waals surface area (Å²) in [6, 6.07) is 1.51. The molecule has 2 rings (SSSR count). The van der Waals surface area contributed by atoms with Crippen LogP contribution >= 0.6 is 11.6 Å². The van der Waals surface area contributed by atoms with E-state index in [1.54, 1.807) is 0 Å². The van der Waals surface area contributed by atoms with Crippen LogP contribution in [0.5, 0.6) is 0 Å². The normalized spacial score (nSPS) is 20.2. The number of hydrogen-bond donors (Lipinski definition) is 3. The highest BCUT2D eigenvalue weighted by Crippen LogP contribution is 2.34. The lowest BCUT2D eigenvalue weighted by Gasteiger charge is -2.25. The van der Waals surface area contributed by atoms with E-state index in [-0.39, 0.29) is 28.1 Å². The predicted molar refractivity (Wildman–Crippen MR) is 67.7 cm³/mol. The van der Waals surface area contributed by atoms with Crippen LogP contribution in [0.2, 0.25) is 5.02 Å². The molecule has 5 N–H and O–H groups in total. The number of nitrogens with one attached hydrogen (secondary N) is 1. The van der Waals surface area contributed by atoms with Gasteiger partial charge >= 0.3 is 0 Å². The van der Waals surface area contributed by atoms with Gasteiger partial charge in [-0.25, -0.2) is 4.39 Å². The van der Waals surface area contributed by atoms with Crippen LogP contribution in [-0.2, 0) is 4.74 Å². The zero-order valence-corrected chi connectivity index (χ0v) is 10.1. The molecule has 4 nitrogen and oxygen atoms in total. The summed E-state index contributed by atoms with van der Waals surface area (Å²) in [6.45, 7) is 1.29. The molecular weight excluding hydrogens is 245 g/mol. The van der Waals surface area contributed by atoms with Gasteiger partial charge in [0.25, 0.3) is 0 Å². The number of nitrogen functional groups attached to an aromatic ring is 2. The minimum atomic E-state index is -0.602. The fourth-order valence-electron chi connectivity index (χ4n) is 1.87. The van der Waals surface area contributed by atoms with Crippen molar-refractivity contribution < 1.29 is 9.13 Å². The second kappa shape index (κ2) is 4.98. The van der Waals surface area contributed by atoms with Gasteiger partial charge in [-0.2, -0.15) is 0 Å². The molecule has 17 heavy (non-hydrogen) atoms. The Hall–Kier alpha value is -1.20. The van der Waals surface area contributed by atoms with Crippen LogP contribution in [-0.4, -0.2) is 19.3 Å². The molecule has 1 aliphatic rings. The Bertz CT molecular complexity index is 422. The second-order valence-electron chi connectivity index (χ2n) is 4.12. The lowest BCUT2D eigenvalue weighted by Crippen LogP contribution is -2.30. The minimum Gasteiger partial charge on any atom is -0.397 e. The van der Waals surface area contributed by atoms with Crippen molar-refractivity contribution in [2.45, 2.75) is 18.9 Å². The average molecular weight is 260 g/mol. The molecule has 1 fully saturated rings. The molecule has 1 aliphatic heterocycles. The van der Waals surface area contributed by atoms with E-state index in [9.17, 15) is 4.39 Å². The second-order valence-corrected chi connectivity index (χ2v) is 4.49. The van der Waals surface area contributed by atoms with E-state index >= 15 is 0 Å². The first kappa shape index (κ1) is 12.3. The van der Waals surface area contributed by atoms with Crippen molar-refractivity contribution in [3.8, 4) is 0 Å². The van der Waals surface area contributed by atoms with Crippen molar-refractivity contribution in [3.63, 3.8) is 0 Å². The monoisotopic (exact) mass is 259 g/mol. The molecule has 0 saturated carbocycles. The van der Waals surface area contributed by atoms with E-state index in [0.717, 1.165) is 19.4 Å². The molecule has 0 bridgehead atoms. The number of hydrogen-bond acceptors (Lipinski definition) is 4. The average Bonchev–Trinajstić information content (AvgIpc) is 2.33. The fourth-order valence-corrected chi connectivity index (χ4v) is 2.02. The van der Waals surface area contributed by atoms with Gasteiger partial charge in [-0.1, -0.05) is 11.6 Å². The van der Waals surface area contributed by atoms with Crippen molar-refractivity contribution in [3.05, 3.63) is 16.9 Å². The quantitative estimate of drug-likeness (QED) is 0.712. The molecule has 1 aromatic rings. The van der Waals surface area contributed by atoms with Crippen molar-refractivity contribution >= 4 is 28.7 Å². The van der Waals surface area contributed by atoms with Crippen LogP contribution in [0.25, 0.3) is 0 Å². The van der Waals surface area contributed by atoms with Crippen LogP contribution in [0.4, 0.5) is 21.5 Å². The molecule has 1 aromatic carbocycles. The number of anilines is 3. The van der Waals surface area contributed by atoms with Crippen LogP contribution in [0.15, 0.2) is 6.07 Å². The largest absolute Gasteiger partial charge is 0.397 e. The summed E-state index contributed by atoms with van der Waals surface area (Å²) in [5, 5.41) is 2.92. The summed E-state index contributed by atoms with van der Waals surface area (Å²) < 4.78 is 19.2. The third-order valence-electron chi connectivity index (χ3n) is 2.77. The lowest BCUT2D eigenvalue weighted by molar-refractivity contribution is 0.0875. The van der Waals surface area contributed by atoms with Gasteiger partial charge in [0.15, 0.2) is 5.82 Å². The molecule has 1 saturated heterocycles. The number of halogens is 2. The van der Waals surface area contributed by atoms with Gasteiger partial charge in [-0.15, -0.1) is 0 Å².